The summed E-state index contributed by atoms with van der Waals surface area (Å²) in [5, 5.41) is 8.23. The first-order valence-electron chi connectivity index (χ1n) is 9.96. The second-order valence-corrected chi connectivity index (χ2v) is 7.68. The molecule has 29 heavy (non-hydrogen) atoms. The maximum absolute atomic E-state index is 13.0. The first-order valence-corrected chi connectivity index (χ1v) is 9.96. The number of amides is 1. The van der Waals surface area contributed by atoms with Crippen molar-refractivity contribution in [1.29, 1.82) is 0 Å². The van der Waals surface area contributed by atoms with Crippen molar-refractivity contribution in [2.45, 2.75) is 26.7 Å². The third-order valence-electron chi connectivity index (χ3n) is 5.60. The van der Waals surface area contributed by atoms with Gasteiger partial charge in [0.15, 0.2) is 11.5 Å². The van der Waals surface area contributed by atoms with Crippen LogP contribution >= 0.6 is 0 Å². The molecule has 7 nitrogen and oxygen atoms in total. The van der Waals surface area contributed by atoms with Crippen LogP contribution in [0.3, 0.4) is 0 Å². The number of para-hydroxylation sites is 1. The monoisotopic (exact) mass is 394 g/mol. The molecule has 1 atom stereocenters. The van der Waals surface area contributed by atoms with Crippen molar-refractivity contribution in [2.75, 3.05) is 19.7 Å². The molecular formula is C22H26N4O3. The Bertz CT molecular complexity index is 1010. The Labute approximate surface area is 170 Å². The largest absolute Gasteiger partial charge is 0.493 e. The van der Waals surface area contributed by atoms with E-state index in [2.05, 4.69) is 10.3 Å². The van der Waals surface area contributed by atoms with Gasteiger partial charge in [0.05, 0.1) is 18.4 Å². The number of aryl methyl sites for hydroxylation is 2. The lowest BCUT2D eigenvalue weighted by molar-refractivity contribution is 0.0623. The number of hydrogen-bond acceptors (Lipinski definition) is 5. The molecule has 0 bridgehead atoms. The lowest BCUT2D eigenvalue weighted by Gasteiger charge is -2.32. The van der Waals surface area contributed by atoms with Crippen molar-refractivity contribution in [1.82, 2.24) is 19.8 Å². The number of aromatic nitrogens is 3. The quantitative estimate of drug-likeness (QED) is 0.661. The summed E-state index contributed by atoms with van der Waals surface area (Å²) in [6.45, 7) is 5.99. The van der Waals surface area contributed by atoms with Crippen molar-refractivity contribution >= 4 is 5.91 Å². The second kappa shape index (κ2) is 8.11. The van der Waals surface area contributed by atoms with Gasteiger partial charge >= 0.3 is 0 Å². The smallest absolute Gasteiger partial charge is 0.276 e. The van der Waals surface area contributed by atoms with E-state index in [0.29, 0.717) is 30.5 Å². The van der Waals surface area contributed by atoms with Crippen LogP contribution in [0.1, 0.15) is 34.6 Å². The number of carbonyl (C=O) groups is 1. The van der Waals surface area contributed by atoms with Gasteiger partial charge in [-0.1, -0.05) is 23.4 Å². The van der Waals surface area contributed by atoms with Gasteiger partial charge < -0.3 is 14.2 Å². The number of benzene rings is 1. The van der Waals surface area contributed by atoms with Crippen LogP contribution < -0.4 is 4.74 Å². The number of hydrogen-bond donors (Lipinski definition) is 0. The Morgan fingerprint density at radius 2 is 2.14 bits per heavy atom. The molecule has 0 N–H and O–H groups in total. The van der Waals surface area contributed by atoms with E-state index in [1.807, 2.05) is 50.1 Å². The standard InChI is InChI=1S/C22H26N4O3/c1-15-7-4-5-9-20(15)28-14-17-8-6-10-26(13-17)22(27)19-11-21(29-24-19)18-12-23-25(3)16(18)2/h4-5,7,9,11-12,17H,6,8,10,13-14H2,1-3H3/t17-/m1/s1. The normalized spacial score (nSPS) is 16.8. The Kier molecular flexibility index (Phi) is 5.38. The minimum Gasteiger partial charge on any atom is -0.493 e. The third kappa shape index (κ3) is 4.04. The third-order valence-corrected chi connectivity index (χ3v) is 5.60. The first kappa shape index (κ1) is 19.2. The molecule has 1 aliphatic heterocycles. The van der Waals surface area contributed by atoms with E-state index in [9.17, 15) is 4.79 Å². The van der Waals surface area contributed by atoms with Crippen molar-refractivity contribution in [3.05, 3.63) is 53.5 Å². The average Bonchev–Trinajstić information content (AvgIpc) is 3.34. The predicted octanol–water partition coefficient (Wildman–Crippen LogP) is 3.62. The summed E-state index contributed by atoms with van der Waals surface area (Å²) in [5.41, 5.74) is 3.27. The summed E-state index contributed by atoms with van der Waals surface area (Å²) in [6, 6.07) is 9.71. The molecular weight excluding hydrogens is 368 g/mol. The molecule has 0 saturated carbocycles. The summed E-state index contributed by atoms with van der Waals surface area (Å²) in [6.07, 6.45) is 3.73. The zero-order valence-electron chi connectivity index (χ0n) is 17.1. The van der Waals surface area contributed by atoms with Crippen LogP contribution in [-0.4, -0.2) is 45.4 Å². The van der Waals surface area contributed by atoms with Crippen molar-refractivity contribution in [3.63, 3.8) is 0 Å². The van der Waals surface area contributed by atoms with Gasteiger partial charge in [-0.25, -0.2) is 0 Å². The molecule has 0 spiro atoms. The predicted molar refractivity (Wildman–Crippen MR) is 109 cm³/mol. The fraction of sp³-hybridized carbons (Fsp3) is 0.409. The topological polar surface area (TPSA) is 73.4 Å². The molecule has 7 heteroatoms. The van der Waals surface area contributed by atoms with Crippen LogP contribution in [0.2, 0.25) is 0 Å². The van der Waals surface area contributed by atoms with E-state index in [1.165, 1.54) is 0 Å². The van der Waals surface area contributed by atoms with Crippen molar-refractivity contribution in [2.24, 2.45) is 13.0 Å². The molecule has 1 amide bonds. The highest BCUT2D eigenvalue weighted by Gasteiger charge is 2.27. The molecule has 3 aromatic rings. The molecule has 4 rings (SSSR count). The van der Waals surface area contributed by atoms with Gasteiger partial charge in [0.1, 0.15) is 5.75 Å². The Morgan fingerprint density at radius 3 is 2.90 bits per heavy atom. The highest BCUT2D eigenvalue weighted by Crippen LogP contribution is 2.26. The van der Waals surface area contributed by atoms with Crippen LogP contribution in [0.15, 0.2) is 41.1 Å². The first-order chi connectivity index (χ1) is 14.0. The number of piperidine rings is 1. The molecule has 1 aromatic carbocycles. The zero-order valence-corrected chi connectivity index (χ0v) is 17.1. The summed E-state index contributed by atoms with van der Waals surface area (Å²) in [4.78, 5) is 14.8. The van der Waals surface area contributed by atoms with Crippen LogP contribution in [0.5, 0.6) is 5.75 Å². The lowest BCUT2D eigenvalue weighted by Crippen LogP contribution is -2.41. The fourth-order valence-corrected chi connectivity index (χ4v) is 3.72. The lowest BCUT2D eigenvalue weighted by atomic mass is 9.98. The van der Waals surface area contributed by atoms with Crippen LogP contribution in [0, 0.1) is 19.8 Å². The molecule has 1 fully saturated rings. The van der Waals surface area contributed by atoms with Gasteiger partial charge in [0, 0.05) is 37.8 Å². The zero-order chi connectivity index (χ0) is 20.4. The van der Waals surface area contributed by atoms with Gasteiger partial charge in [-0.05, 0) is 38.3 Å². The van der Waals surface area contributed by atoms with Gasteiger partial charge in [0.25, 0.3) is 5.91 Å². The molecule has 2 aromatic heterocycles. The van der Waals surface area contributed by atoms with E-state index in [-0.39, 0.29) is 5.91 Å². The molecule has 1 aliphatic rings. The van der Waals surface area contributed by atoms with E-state index in [1.54, 1.807) is 16.9 Å². The fourth-order valence-electron chi connectivity index (χ4n) is 3.72. The minimum absolute atomic E-state index is 0.0952. The summed E-state index contributed by atoms with van der Waals surface area (Å²) < 4.78 is 13.2. The second-order valence-electron chi connectivity index (χ2n) is 7.68. The van der Waals surface area contributed by atoms with Crippen molar-refractivity contribution < 1.29 is 14.1 Å². The van der Waals surface area contributed by atoms with E-state index in [0.717, 1.165) is 42.0 Å². The number of nitrogens with zero attached hydrogens (tertiary/aromatic N) is 4. The Morgan fingerprint density at radius 1 is 1.31 bits per heavy atom. The molecule has 1 saturated heterocycles. The number of likely N-dealkylation sites (tertiary alicyclic amines) is 1. The molecule has 0 unspecified atom stereocenters. The summed E-state index contributed by atoms with van der Waals surface area (Å²) in [7, 11) is 1.87. The Balaban J connectivity index is 1.40. The number of ether oxygens (including phenoxy) is 1. The van der Waals surface area contributed by atoms with E-state index >= 15 is 0 Å². The van der Waals surface area contributed by atoms with Gasteiger partial charge in [-0.15, -0.1) is 0 Å². The van der Waals surface area contributed by atoms with Gasteiger partial charge in [-0.2, -0.15) is 5.10 Å². The average molecular weight is 394 g/mol. The van der Waals surface area contributed by atoms with Gasteiger partial charge in [0.2, 0.25) is 0 Å². The maximum Gasteiger partial charge on any atom is 0.276 e. The highest BCUT2D eigenvalue weighted by molar-refractivity contribution is 5.93. The summed E-state index contributed by atoms with van der Waals surface area (Å²) >= 11 is 0. The molecule has 0 radical (unpaired) electrons. The minimum atomic E-state index is -0.0952. The van der Waals surface area contributed by atoms with Crippen LogP contribution in [0.4, 0.5) is 0 Å². The van der Waals surface area contributed by atoms with Crippen molar-refractivity contribution in [3.8, 4) is 17.1 Å². The number of rotatable bonds is 5. The van der Waals surface area contributed by atoms with Gasteiger partial charge in [-0.3, -0.25) is 9.48 Å². The SMILES string of the molecule is Cc1ccccc1OC[C@@H]1CCCN(C(=O)c2cc(-c3cnn(C)c3C)on2)C1. The number of carbonyl (C=O) groups excluding carboxylic acids is 1. The molecule has 152 valence electrons. The molecule has 0 aliphatic carbocycles. The van der Waals surface area contributed by atoms with Crippen LogP contribution in [0.25, 0.3) is 11.3 Å². The van der Waals surface area contributed by atoms with Crippen LogP contribution in [-0.2, 0) is 7.05 Å². The van der Waals surface area contributed by atoms with E-state index < -0.39 is 0 Å². The van der Waals surface area contributed by atoms with E-state index in [4.69, 9.17) is 9.26 Å². The molecule has 3 heterocycles. The Hall–Kier alpha value is -3.09. The summed E-state index contributed by atoms with van der Waals surface area (Å²) in [5.74, 6) is 1.68. The highest BCUT2D eigenvalue weighted by atomic mass is 16.5. The maximum atomic E-state index is 13.0.